The highest BCUT2D eigenvalue weighted by molar-refractivity contribution is 4.88. The van der Waals surface area contributed by atoms with Crippen LogP contribution in [0.15, 0.2) is 0 Å². The Morgan fingerprint density at radius 1 is 1.12 bits per heavy atom. The van der Waals surface area contributed by atoms with E-state index in [2.05, 4.69) is 30.7 Å². The van der Waals surface area contributed by atoms with Gasteiger partial charge in [-0.3, -0.25) is 0 Å². The number of fused-ring (bicyclic) bond motifs is 1. The molecule has 0 N–H and O–H groups in total. The standard InChI is InChI=1S/C14H28N2/c1-12(2)15(3)11-13-7-6-10-16-9-5-4-8-14(13)16/h12-14H,4-11H2,1-3H3/t13-,14+/m0/s1. The largest absolute Gasteiger partial charge is 0.304 e. The van der Waals surface area contributed by atoms with E-state index in [-0.39, 0.29) is 0 Å². The van der Waals surface area contributed by atoms with Gasteiger partial charge in [-0.05, 0) is 65.6 Å². The van der Waals surface area contributed by atoms with Crippen molar-refractivity contribution in [3.8, 4) is 0 Å². The monoisotopic (exact) mass is 224 g/mol. The Kier molecular flexibility index (Phi) is 4.26. The van der Waals surface area contributed by atoms with Crippen molar-refractivity contribution in [2.75, 3.05) is 26.7 Å². The molecule has 0 radical (unpaired) electrons. The quantitative estimate of drug-likeness (QED) is 0.727. The molecule has 0 spiro atoms. The fraction of sp³-hybridized carbons (Fsp3) is 1.00. The summed E-state index contributed by atoms with van der Waals surface area (Å²) < 4.78 is 0. The minimum Gasteiger partial charge on any atom is -0.304 e. The van der Waals surface area contributed by atoms with E-state index in [4.69, 9.17) is 0 Å². The van der Waals surface area contributed by atoms with E-state index in [1.165, 1.54) is 51.7 Å². The molecule has 94 valence electrons. The molecule has 0 aromatic heterocycles. The third kappa shape index (κ3) is 2.78. The van der Waals surface area contributed by atoms with Crippen molar-refractivity contribution >= 4 is 0 Å². The topological polar surface area (TPSA) is 6.48 Å². The zero-order chi connectivity index (χ0) is 11.5. The van der Waals surface area contributed by atoms with Gasteiger partial charge in [-0.15, -0.1) is 0 Å². The van der Waals surface area contributed by atoms with Crippen LogP contribution in [0.4, 0.5) is 0 Å². The molecule has 2 nitrogen and oxygen atoms in total. The van der Waals surface area contributed by atoms with Crippen molar-refractivity contribution < 1.29 is 0 Å². The van der Waals surface area contributed by atoms with Crippen LogP contribution in [0.5, 0.6) is 0 Å². The van der Waals surface area contributed by atoms with E-state index >= 15 is 0 Å². The Morgan fingerprint density at radius 3 is 2.62 bits per heavy atom. The predicted octanol–water partition coefficient (Wildman–Crippen LogP) is 2.59. The second-order valence-corrected chi connectivity index (χ2v) is 6.03. The summed E-state index contributed by atoms with van der Waals surface area (Å²) in [6.45, 7) is 8.65. The second kappa shape index (κ2) is 5.50. The summed E-state index contributed by atoms with van der Waals surface area (Å²) in [5.74, 6) is 0.932. The summed E-state index contributed by atoms with van der Waals surface area (Å²) in [4.78, 5) is 5.30. The fourth-order valence-electron chi connectivity index (χ4n) is 3.37. The van der Waals surface area contributed by atoms with Crippen molar-refractivity contribution in [2.24, 2.45) is 5.92 Å². The Morgan fingerprint density at radius 2 is 1.88 bits per heavy atom. The maximum Gasteiger partial charge on any atom is 0.0136 e. The molecule has 2 aliphatic rings. The first-order valence-electron chi connectivity index (χ1n) is 7.13. The SMILES string of the molecule is CC(C)N(C)C[C@@H]1CCCN2CCCC[C@H]12. The van der Waals surface area contributed by atoms with E-state index in [0.29, 0.717) is 6.04 Å². The van der Waals surface area contributed by atoms with Gasteiger partial charge in [-0.2, -0.15) is 0 Å². The maximum atomic E-state index is 2.77. The lowest BCUT2D eigenvalue weighted by Gasteiger charge is -2.45. The molecule has 0 unspecified atom stereocenters. The van der Waals surface area contributed by atoms with Gasteiger partial charge in [0.05, 0.1) is 0 Å². The van der Waals surface area contributed by atoms with Crippen LogP contribution in [-0.2, 0) is 0 Å². The van der Waals surface area contributed by atoms with Gasteiger partial charge >= 0.3 is 0 Å². The molecule has 0 aromatic carbocycles. The van der Waals surface area contributed by atoms with Crippen LogP contribution in [0.3, 0.4) is 0 Å². The number of hydrogen-bond acceptors (Lipinski definition) is 2. The Bertz CT molecular complexity index is 213. The Balaban J connectivity index is 1.92. The Labute approximate surface area is 101 Å². The van der Waals surface area contributed by atoms with Gasteiger partial charge in [-0.25, -0.2) is 0 Å². The van der Waals surface area contributed by atoms with Crippen LogP contribution < -0.4 is 0 Å². The average molecular weight is 224 g/mol. The zero-order valence-corrected chi connectivity index (χ0v) is 11.3. The molecule has 2 heterocycles. The number of nitrogens with zero attached hydrogens (tertiary/aromatic N) is 2. The lowest BCUT2D eigenvalue weighted by molar-refractivity contribution is 0.0402. The summed E-state index contributed by atoms with van der Waals surface area (Å²) in [5.41, 5.74) is 0. The van der Waals surface area contributed by atoms with Gasteiger partial charge in [0.15, 0.2) is 0 Å². The third-order valence-corrected chi connectivity index (χ3v) is 4.63. The van der Waals surface area contributed by atoms with E-state index < -0.39 is 0 Å². The normalized spacial score (nSPS) is 32.1. The van der Waals surface area contributed by atoms with Crippen molar-refractivity contribution in [3.63, 3.8) is 0 Å². The highest BCUT2D eigenvalue weighted by Gasteiger charge is 2.33. The number of hydrogen-bond donors (Lipinski definition) is 0. The average Bonchev–Trinajstić information content (AvgIpc) is 2.29. The second-order valence-electron chi connectivity index (χ2n) is 6.03. The molecule has 16 heavy (non-hydrogen) atoms. The first-order chi connectivity index (χ1) is 7.68. The summed E-state index contributed by atoms with van der Waals surface area (Å²) in [6, 6.07) is 1.60. The van der Waals surface area contributed by atoms with E-state index in [1.54, 1.807) is 0 Å². The van der Waals surface area contributed by atoms with Gasteiger partial charge in [0.2, 0.25) is 0 Å². The zero-order valence-electron chi connectivity index (χ0n) is 11.3. The highest BCUT2D eigenvalue weighted by Crippen LogP contribution is 2.31. The smallest absolute Gasteiger partial charge is 0.0136 e. The minimum absolute atomic E-state index is 0.693. The molecule has 2 rings (SSSR count). The van der Waals surface area contributed by atoms with Gasteiger partial charge in [0.1, 0.15) is 0 Å². The van der Waals surface area contributed by atoms with E-state index in [9.17, 15) is 0 Å². The summed E-state index contributed by atoms with van der Waals surface area (Å²) >= 11 is 0. The van der Waals surface area contributed by atoms with Crippen LogP contribution in [0.1, 0.15) is 46.0 Å². The summed E-state index contributed by atoms with van der Waals surface area (Å²) in [6.07, 6.45) is 7.23. The molecule has 2 fully saturated rings. The van der Waals surface area contributed by atoms with E-state index in [0.717, 1.165) is 12.0 Å². The Hall–Kier alpha value is -0.0800. The van der Waals surface area contributed by atoms with Crippen LogP contribution in [-0.4, -0.2) is 48.6 Å². The van der Waals surface area contributed by atoms with Gasteiger partial charge < -0.3 is 9.80 Å². The van der Waals surface area contributed by atoms with Gasteiger partial charge in [-0.1, -0.05) is 6.42 Å². The lowest BCUT2D eigenvalue weighted by Crippen LogP contribution is -2.51. The first kappa shape index (κ1) is 12.4. The molecule has 2 saturated heterocycles. The van der Waals surface area contributed by atoms with Crippen LogP contribution >= 0.6 is 0 Å². The molecular formula is C14H28N2. The molecule has 0 aliphatic carbocycles. The molecule has 2 heteroatoms. The van der Waals surface area contributed by atoms with Crippen molar-refractivity contribution in [3.05, 3.63) is 0 Å². The van der Waals surface area contributed by atoms with Crippen molar-refractivity contribution in [2.45, 2.75) is 58.0 Å². The van der Waals surface area contributed by atoms with Gasteiger partial charge in [0.25, 0.3) is 0 Å². The molecular weight excluding hydrogens is 196 g/mol. The summed E-state index contributed by atoms with van der Waals surface area (Å²) in [5, 5.41) is 0. The van der Waals surface area contributed by atoms with Crippen LogP contribution in [0, 0.1) is 5.92 Å². The molecule has 2 atom stereocenters. The maximum absolute atomic E-state index is 2.77. The lowest BCUT2D eigenvalue weighted by atomic mass is 9.83. The number of piperidine rings is 2. The highest BCUT2D eigenvalue weighted by atomic mass is 15.2. The molecule has 2 aliphatic heterocycles. The third-order valence-electron chi connectivity index (χ3n) is 4.63. The van der Waals surface area contributed by atoms with Gasteiger partial charge in [0, 0.05) is 18.6 Å². The van der Waals surface area contributed by atoms with Crippen LogP contribution in [0.2, 0.25) is 0 Å². The number of rotatable bonds is 3. The summed E-state index contributed by atoms with van der Waals surface area (Å²) in [7, 11) is 2.28. The van der Waals surface area contributed by atoms with Crippen LogP contribution in [0.25, 0.3) is 0 Å². The molecule has 0 saturated carbocycles. The van der Waals surface area contributed by atoms with Crippen molar-refractivity contribution in [1.82, 2.24) is 9.80 Å². The molecule has 0 bridgehead atoms. The predicted molar refractivity (Wildman–Crippen MR) is 69.7 cm³/mol. The molecule has 0 aromatic rings. The minimum atomic E-state index is 0.693. The van der Waals surface area contributed by atoms with Crippen molar-refractivity contribution in [1.29, 1.82) is 0 Å². The molecule has 0 amide bonds. The first-order valence-corrected chi connectivity index (χ1v) is 7.13. The fourth-order valence-corrected chi connectivity index (χ4v) is 3.37. The van der Waals surface area contributed by atoms with E-state index in [1.807, 2.05) is 0 Å².